The molecule has 0 aliphatic carbocycles. The Bertz CT molecular complexity index is 1260. The number of ether oxygens (including phenoxy) is 3. The Morgan fingerprint density at radius 1 is 0.971 bits per heavy atom. The quantitative estimate of drug-likeness (QED) is 0.140. The number of anilines is 1. The van der Waals surface area contributed by atoms with Crippen molar-refractivity contribution in [3.8, 4) is 17.2 Å². The Kier molecular flexibility index (Phi) is 8.23. The summed E-state index contributed by atoms with van der Waals surface area (Å²) >= 11 is 6.74. The van der Waals surface area contributed by atoms with Crippen molar-refractivity contribution in [1.29, 1.82) is 0 Å². The van der Waals surface area contributed by atoms with Crippen LogP contribution >= 0.6 is 24.0 Å². The topological polar surface area (TPSA) is 48.0 Å². The molecule has 0 saturated carbocycles. The fourth-order valence-electron chi connectivity index (χ4n) is 3.55. The maximum absolute atomic E-state index is 12.9. The van der Waals surface area contributed by atoms with Gasteiger partial charge in [-0.25, -0.2) is 0 Å². The van der Waals surface area contributed by atoms with Crippen LogP contribution in [-0.2, 0) is 11.2 Å². The fourth-order valence-corrected chi connectivity index (χ4v) is 4.85. The second-order valence-electron chi connectivity index (χ2n) is 7.60. The highest BCUT2D eigenvalue weighted by molar-refractivity contribution is 8.27. The summed E-state index contributed by atoms with van der Waals surface area (Å²) in [5.74, 6) is 1.91. The largest absolute Gasteiger partial charge is 0.493 e. The van der Waals surface area contributed by atoms with E-state index in [9.17, 15) is 4.79 Å². The molecular formula is C28H25NO4S2. The summed E-state index contributed by atoms with van der Waals surface area (Å²) in [5, 5.41) is 0. The average molecular weight is 504 g/mol. The maximum atomic E-state index is 12.9. The molecule has 0 unspecified atom stereocenters. The monoisotopic (exact) mass is 503 g/mol. The fraction of sp³-hybridized carbons (Fsp3) is 0.143. The molecule has 0 spiro atoms. The Hall–Kier alpha value is -3.55. The highest BCUT2D eigenvalue weighted by atomic mass is 32.2. The van der Waals surface area contributed by atoms with Gasteiger partial charge in [-0.3, -0.25) is 9.69 Å². The van der Waals surface area contributed by atoms with Gasteiger partial charge < -0.3 is 14.2 Å². The molecule has 1 aliphatic rings. The number of rotatable bonds is 10. The molecule has 7 heteroatoms. The van der Waals surface area contributed by atoms with Crippen molar-refractivity contribution < 1.29 is 19.0 Å². The van der Waals surface area contributed by atoms with Gasteiger partial charge in [0, 0.05) is 0 Å². The van der Waals surface area contributed by atoms with E-state index in [2.05, 4.69) is 6.58 Å². The molecule has 1 aliphatic heterocycles. The molecule has 1 fully saturated rings. The molecule has 0 radical (unpaired) electrons. The van der Waals surface area contributed by atoms with E-state index in [4.69, 9.17) is 26.4 Å². The van der Waals surface area contributed by atoms with E-state index < -0.39 is 0 Å². The minimum absolute atomic E-state index is 0.126. The van der Waals surface area contributed by atoms with Crippen LogP contribution in [0.25, 0.3) is 6.08 Å². The first-order chi connectivity index (χ1) is 17.1. The third kappa shape index (κ3) is 6.12. The summed E-state index contributed by atoms with van der Waals surface area (Å²) in [6.07, 6.45) is 4.45. The van der Waals surface area contributed by atoms with Crippen molar-refractivity contribution in [3.05, 3.63) is 101 Å². The second kappa shape index (κ2) is 11.7. The normalized spacial score (nSPS) is 14.3. The van der Waals surface area contributed by atoms with Gasteiger partial charge in [-0.05, 0) is 60.0 Å². The lowest BCUT2D eigenvalue weighted by atomic mass is 10.1. The van der Waals surface area contributed by atoms with Gasteiger partial charge in [-0.15, -0.1) is 6.58 Å². The van der Waals surface area contributed by atoms with Crippen LogP contribution in [0.3, 0.4) is 0 Å². The lowest BCUT2D eigenvalue weighted by molar-refractivity contribution is -0.113. The van der Waals surface area contributed by atoms with Crippen LogP contribution in [0.2, 0.25) is 0 Å². The number of allylic oxidation sites excluding steroid dienone is 1. The predicted molar refractivity (Wildman–Crippen MR) is 146 cm³/mol. The van der Waals surface area contributed by atoms with E-state index in [1.165, 1.54) is 11.8 Å². The van der Waals surface area contributed by atoms with Gasteiger partial charge in [0.1, 0.15) is 19.0 Å². The number of carbonyl (C=O) groups is 1. The minimum atomic E-state index is -0.126. The number of para-hydroxylation sites is 1. The number of carbonyl (C=O) groups excluding carboxylic acids is 1. The van der Waals surface area contributed by atoms with Gasteiger partial charge in [0.25, 0.3) is 5.91 Å². The number of methoxy groups -OCH3 is 1. The first-order valence-electron chi connectivity index (χ1n) is 11.1. The average Bonchev–Trinajstić information content (AvgIpc) is 3.15. The number of thioether (sulfide) groups is 1. The van der Waals surface area contributed by atoms with Crippen LogP contribution in [-0.4, -0.2) is 30.6 Å². The van der Waals surface area contributed by atoms with Crippen LogP contribution in [0, 0.1) is 0 Å². The molecule has 3 aromatic carbocycles. The summed E-state index contributed by atoms with van der Waals surface area (Å²) in [6, 6.07) is 22.8. The van der Waals surface area contributed by atoms with Crippen LogP contribution in [0.5, 0.6) is 17.2 Å². The van der Waals surface area contributed by atoms with Crippen LogP contribution in [0.1, 0.15) is 11.1 Å². The zero-order valence-corrected chi connectivity index (χ0v) is 20.9. The number of amides is 1. The molecule has 0 aromatic heterocycles. The first kappa shape index (κ1) is 24.6. The molecule has 1 heterocycles. The van der Waals surface area contributed by atoms with Crippen molar-refractivity contribution in [2.45, 2.75) is 6.42 Å². The standard InChI is InChI=1S/C28H25NO4S2/c1-3-8-20-13-14-24(25(18-20)31-2)33-16-15-32-23-12-7-9-21(17-23)19-26-27(30)29(28(34)35-26)22-10-5-4-6-11-22/h3-7,9-14,17-19H,1,8,15-16H2,2H3/b26-19-. The third-order valence-electron chi connectivity index (χ3n) is 5.18. The molecule has 0 atom stereocenters. The summed E-state index contributed by atoms with van der Waals surface area (Å²) < 4.78 is 17.7. The van der Waals surface area contributed by atoms with Crippen molar-refractivity contribution in [2.24, 2.45) is 0 Å². The van der Waals surface area contributed by atoms with Crippen molar-refractivity contribution in [2.75, 3.05) is 25.2 Å². The minimum Gasteiger partial charge on any atom is -0.493 e. The predicted octanol–water partition coefficient (Wildman–Crippen LogP) is 6.29. The lowest BCUT2D eigenvalue weighted by Gasteiger charge is -2.13. The zero-order chi connectivity index (χ0) is 24.6. The van der Waals surface area contributed by atoms with E-state index in [1.807, 2.05) is 84.9 Å². The van der Waals surface area contributed by atoms with Crippen LogP contribution < -0.4 is 19.1 Å². The molecule has 4 rings (SSSR count). The van der Waals surface area contributed by atoms with E-state index in [0.717, 1.165) is 23.2 Å². The maximum Gasteiger partial charge on any atom is 0.270 e. The Morgan fingerprint density at radius 2 is 1.77 bits per heavy atom. The van der Waals surface area contributed by atoms with E-state index >= 15 is 0 Å². The van der Waals surface area contributed by atoms with E-state index in [1.54, 1.807) is 12.0 Å². The number of thiocarbonyl (C=S) groups is 1. The van der Waals surface area contributed by atoms with E-state index in [0.29, 0.717) is 39.7 Å². The number of hydrogen-bond donors (Lipinski definition) is 0. The summed E-state index contributed by atoms with van der Waals surface area (Å²) in [5.41, 5.74) is 2.73. The molecule has 178 valence electrons. The molecular weight excluding hydrogens is 478 g/mol. The van der Waals surface area contributed by atoms with Gasteiger partial charge in [-0.2, -0.15) is 0 Å². The SMILES string of the molecule is C=CCc1ccc(OCCOc2cccc(/C=C3\SC(=S)N(c4ccccc4)C3=O)c2)c(OC)c1. The number of hydrogen-bond acceptors (Lipinski definition) is 6. The summed E-state index contributed by atoms with van der Waals surface area (Å²) in [7, 11) is 1.62. The second-order valence-corrected chi connectivity index (χ2v) is 9.28. The Morgan fingerprint density at radius 3 is 2.54 bits per heavy atom. The van der Waals surface area contributed by atoms with E-state index in [-0.39, 0.29) is 5.91 Å². The molecule has 5 nitrogen and oxygen atoms in total. The molecule has 0 bridgehead atoms. The van der Waals surface area contributed by atoms with Gasteiger partial charge in [0.15, 0.2) is 15.8 Å². The van der Waals surface area contributed by atoms with Gasteiger partial charge >= 0.3 is 0 Å². The van der Waals surface area contributed by atoms with Gasteiger partial charge in [0.2, 0.25) is 0 Å². The molecule has 1 amide bonds. The van der Waals surface area contributed by atoms with Crippen molar-refractivity contribution >= 4 is 46.0 Å². The molecule has 3 aromatic rings. The summed E-state index contributed by atoms with van der Waals surface area (Å²) in [6.45, 7) is 4.48. The number of benzene rings is 3. The highest BCUT2D eigenvalue weighted by Gasteiger charge is 2.33. The van der Waals surface area contributed by atoms with Crippen LogP contribution in [0.4, 0.5) is 5.69 Å². The molecule has 1 saturated heterocycles. The first-order valence-corrected chi connectivity index (χ1v) is 12.3. The number of nitrogens with zero attached hydrogens (tertiary/aromatic N) is 1. The third-order valence-corrected chi connectivity index (χ3v) is 6.48. The van der Waals surface area contributed by atoms with Gasteiger partial charge in [-0.1, -0.05) is 66.5 Å². The smallest absolute Gasteiger partial charge is 0.270 e. The van der Waals surface area contributed by atoms with Crippen LogP contribution in [0.15, 0.2) is 90.4 Å². The zero-order valence-electron chi connectivity index (χ0n) is 19.3. The lowest BCUT2D eigenvalue weighted by Crippen LogP contribution is -2.27. The highest BCUT2D eigenvalue weighted by Crippen LogP contribution is 2.36. The Balaban J connectivity index is 1.36. The summed E-state index contributed by atoms with van der Waals surface area (Å²) in [4.78, 5) is 15.1. The van der Waals surface area contributed by atoms with Crippen molar-refractivity contribution in [1.82, 2.24) is 0 Å². The van der Waals surface area contributed by atoms with Gasteiger partial charge in [0.05, 0.1) is 17.7 Å². The Labute approximate surface area is 215 Å². The molecule has 35 heavy (non-hydrogen) atoms. The van der Waals surface area contributed by atoms with Crippen molar-refractivity contribution in [3.63, 3.8) is 0 Å². The molecule has 0 N–H and O–H groups in total.